The molecule has 1 aliphatic rings. The molecule has 1 saturated carbocycles. The maximum atomic E-state index is 6.04. The van der Waals surface area contributed by atoms with Crippen LogP contribution >= 0.6 is 15.9 Å². The predicted octanol–water partition coefficient (Wildman–Crippen LogP) is 4.31. The molecule has 110 valence electrons. The molecule has 0 saturated heterocycles. The number of nitrogen functional groups attached to an aromatic ring is 1. The van der Waals surface area contributed by atoms with Crippen molar-refractivity contribution in [2.24, 2.45) is 0 Å². The quantitative estimate of drug-likeness (QED) is 0.865. The Labute approximate surface area is 133 Å². The molecule has 0 aliphatic heterocycles. The molecule has 1 aromatic heterocycles. The highest BCUT2D eigenvalue weighted by Gasteiger charge is 2.28. The molecule has 0 unspecified atom stereocenters. The van der Waals surface area contributed by atoms with Crippen molar-refractivity contribution in [3.05, 3.63) is 39.6 Å². The number of hydrogen-bond acceptors (Lipinski definition) is 4. The summed E-state index contributed by atoms with van der Waals surface area (Å²) in [6.45, 7) is 4.10. The lowest BCUT2D eigenvalue weighted by molar-refractivity contribution is 0.927. The van der Waals surface area contributed by atoms with Crippen LogP contribution < -0.4 is 11.1 Å². The third kappa shape index (κ3) is 3.02. The lowest BCUT2D eigenvalue weighted by Gasteiger charge is -2.14. The first-order chi connectivity index (χ1) is 10.1. The molecule has 1 heterocycles. The number of aromatic nitrogens is 2. The number of halogens is 1. The predicted molar refractivity (Wildman–Crippen MR) is 90.0 cm³/mol. The second kappa shape index (κ2) is 5.64. The Hall–Kier alpha value is -1.62. The average Bonchev–Trinajstić information content (AvgIpc) is 3.29. The zero-order valence-corrected chi connectivity index (χ0v) is 13.9. The number of anilines is 3. The molecule has 0 atom stereocenters. The van der Waals surface area contributed by atoms with Gasteiger partial charge in [0.1, 0.15) is 17.5 Å². The number of aryl methyl sites for hydroxylation is 1. The summed E-state index contributed by atoms with van der Waals surface area (Å²) >= 11 is 3.51. The molecule has 5 heteroatoms. The van der Waals surface area contributed by atoms with Crippen LogP contribution in [-0.2, 0) is 6.42 Å². The Morgan fingerprint density at radius 2 is 2.10 bits per heavy atom. The molecule has 3 rings (SSSR count). The summed E-state index contributed by atoms with van der Waals surface area (Å²) < 4.78 is 1.09. The van der Waals surface area contributed by atoms with Crippen molar-refractivity contribution in [1.29, 1.82) is 0 Å². The van der Waals surface area contributed by atoms with Crippen LogP contribution in [0.25, 0.3) is 0 Å². The first kappa shape index (κ1) is 14.3. The van der Waals surface area contributed by atoms with E-state index in [2.05, 4.69) is 50.3 Å². The number of hydrogen-bond donors (Lipinski definition) is 2. The zero-order chi connectivity index (χ0) is 15.0. The van der Waals surface area contributed by atoms with Crippen molar-refractivity contribution in [1.82, 2.24) is 9.97 Å². The van der Waals surface area contributed by atoms with Crippen LogP contribution in [0.15, 0.2) is 22.7 Å². The van der Waals surface area contributed by atoms with Gasteiger partial charge in [0.2, 0.25) is 0 Å². The fourth-order valence-corrected chi connectivity index (χ4v) is 2.71. The van der Waals surface area contributed by atoms with Crippen LogP contribution in [0, 0.1) is 6.92 Å². The van der Waals surface area contributed by atoms with Gasteiger partial charge < -0.3 is 11.1 Å². The number of benzene rings is 1. The first-order valence-corrected chi connectivity index (χ1v) is 8.07. The van der Waals surface area contributed by atoms with Crippen LogP contribution in [0.1, 0.15) is 42.6 Å². The van der Waals surface area contributed by atoms with Gasteiger partial charge in [0.15, 0.2) is 0 Å². The minimum absolute atomic E-state index is 0.490. The minimum atomic E-state index is 0.490. The maximum absolute atomic E-state index is 6.04. The highest BCUT2D eigenvalue weighted by atomic mass is 79.9. The number of nitrogens with two attached hydrogens (primary N) is 1. The summed E-state index contributed by atoms with van der Waals surface area (Å²) in [7, 11) is 0. The number of rotatable bonds is 4. The highest BCUT2D eigenvalue weighted by molar-refractivity contribution is 9.10. The summed E-state index contributed by atoms with van der Waals surface area (Å²) in [6.07, 6.45) is 3.29. The SMILES string of the molecule is CCc1cc(Br)ccc1Nc1nc(C2CC2)nc(N)c1C. The smallest absolute Gasteiger partial charge is 0.139 e. The van der Waals surface area contributed by atoms with E-state index in [0.29, 0.717) is 11.7 Å². The number of nitrogens with one attached hydrogen (secondary N) is 1. The third-order valence-electron chi connectivity index (χ3n) is 3.84. The minimum Gasteiger partial charge on any atom is -0.383 e. The normalized spacial score (nSPS) is 14.2. The highest BCUT2D eigenvalue weighted by Crippen LogP contribution is 2.39. The van der Waals surface area contributed by atoms with E-state index in [4.69, 9.17) is 5.73 Å². The van der Waals surface area contributed by atoms with Crippen LogP contribution in [0.3, 0.4) is 0 Å². The van der Waals surface area contributed by atoms with Gasteiger partial charge in [0.05, 0.1) is 0 Å². The van der Waals surface area contributed by atoms with E-state index in [0.717, 1.165) is 33.8 Å². The van der Waals surface area contributed by atoms with Crippen LogP contribution in [-0.4, -0.2) is 9.97 Å². The van der Waals surface area contributed by atoms with Gasteiger partial charge >= 0.3 is 0 Å². The van der Waals surface area contributed by atoms with Crippen LogP contribution in [0.2, 0.25) is 0 Å². The Morgan fingerprint density at radius 3 is 2.76 bits per heavy atom. The van der Waals surface area contributed by atoms with E-state index in [1.54, 1.807) is 0 Å². The second-order valence-corrected chi connectivity index (χ2v) is 6.41. The molecule has 4 nitrogen and oxygen atoms in total. The van der Waals surface area contributed by atoms with Gasteiger partial charge in [-0.05, 0) is 49.9 Å². The van der Waals surface area contributed by atoms with Crippen molar-refractivity contribution >= 4 is 33.3 Å². The summed E-state index contributed by atoms with van der Waals surface area (Å²) in [4.78, 5) is 9.09. The molecular formula is C16H19BrN4. The third-order valence-corrected chi connectivity index (χ3v) is 4.34. The van der Waals surface area contributed by atoms with Crippen molar-refractivity contribution < 1.29 is 0 Å². The lowest BCUT2D eigenvalue weighted by Crippen LogP contribution is -2.07. The van der Waals surface area contributed by atoms with Crippen LogP contribution in [0.5, 0.6) is 0 Å². The molecule has 1 aromatic carbocycles. The standard InChI is InChI=1S/C16H19BrN4/c1-3-10-8-12(17)6-7-13(10)19-15-9(2)14(18)20-16(21-15)11-4-5-11/h6-8,11H,3-5H2,1-2H3,(H3,18,19,20,21). The molecule has 0 bridgehead atoms. The van der Waals surface area contributed by atoms with Crippen molar-refractivity contribution in [2.45, 2.75) is 39.0 Å². The molecule has 2 aromatic rings. The van der Waals surface area contributed by atoms with Crippen molar-refractivity contribution in [3.8, 4) is 0 Å². The fourth-order valence-electron chi connectivity index (χ4n) is 2.30. The Morgan fingerprint density at radius 1 is 1.33 bits per heavy atom. The van der Waals surface area contributed by atoms with Gasteiger partial charge in [-0.15, -0.1) is 0 Å². The van der Waals surface area contributed by atoms with E-state index < -0.39 is 0 Å². The largest absolute Gasteiger partial charge is 0.383 e. The van der Waals surface area contributed by atoms with Crippen molar-refractivity contribution in [3.63, 3.8) is 0 Å². The fraction of sp³-hybridized carbons (Fsp3) is 0.375. The van der Waals surface area contributed by atoms with Gasteiger partial charge in [-0.25, -0.2) is 9.97 Å². The van der Waals surface area contributed by atoms with Gasteiger partial charge in [-0.1, -0.05) is 22.9 Å². The molecular weight excluding hydrogens is 328 g/mol. The number of nitrogens with zero attached hydrogens (tertiary/aromatic N) is 2. The lowest BCUT2D eigenvalue weighted by atomic mass is 10.1. The topological polar surface area (TPSA) is 63.8 Å². The second-order valence-electron chi connectivity index (χ2n) is 5.49. The molecule has 1 fully saturated rings. The Kier molecular flexibility index (Phi) is 3.85. The van der Waals surface area contributed by atoms with Gasteiger partial charge in [0, 0.05) is 21.6 Å². The summed E-state index contributed by atoms with van der Waals surface area (Å²) in [5, 5.41) is 3.43. The van der Waals surface area contributed by atoms with E-state index >= 15 is 0 Å². The Balaban J connectivity index is 1.97. The monoisotopic (exact) mass is 346 g/mol. The van der Waals surface area contributed by atoms with Gasteiger partial charge in [0.25, 0.3) is 0 Å². The van der Waals surface area contributed by atoms with E-state index in [1.165, 1.54) is 18.4 Å². The van der Waals surface area contributed by atoms with Crippen LogP contribution in [0.4, 0.5) is 17.3 Å². The molecule has 3 N–H and O–H groups in total. The van der Waals surface area contributed by atoms with Gasteiger partial charge in [-0.2, -0.15) is 0 Å². The Bertz CT molecular complexity index is 680. The van der Waals surface area contributed by atoms with Gasteiger partial charge in [-0.3, -0.25) is 0 Å². The summed E-state index contributed by atoms with van der Waals surface area (Å²) in [5.41, 5.74) is 9.26. The zero-order valence-electron chi connectivity index (χ0n) is 12.3. The van der Waals surface area contributed by atoms with E-state index in [-0.39, 0.29) is 0 Å². The molecule has 0 radical (unpaired) electrons. The molecule has 21 heavy (non-hydrogen) atoms. The first-order valence-electron chi connectivity index (χ1n) is 7.28. The van der Waals surface area contributed by atoms with E-state index in [9.17, 15) is 0 Å². The maximum Gasteiger partial charge on any atom is 0.139 e. The average molecular weight is 347 g/mol. The molecule has 1 aliphatic carbocycles. The summed E-state index contributed by atoms with van der Waals surface area (Å²) in [6, 6.07) is 6.23. The molecule has 0 spiro atoms. The van der Waals surface area contributed by atoms with Crippen molar-refractivity contribution in [2.75, 3.05) is 11.1 Å². The van der Waals surface area contributed by atoms with E-state index in [1.807, 2.05) is 13.0 Å². The molecule has 0 amide bonds. The summed E-state index contributed by atoms with van der Waals surface area (Å²) in [5.74, 6) is 2.76.